The number of hydrogen-bond acceptors (Lipinski definition) is 3. The van der Waals surface area contributed by atoms with Gasteiger partial charge >= 0.3 is 0 Å². The highest BCUT2D eigenvalue weighted by Crippen LogP contribution is 2.26. The van der Waals surface area contributed by atoms with Crippen LogP contribution in [-0.2, 0) is 10.3 Å². The Bertz CT molecular complexity index is 448. The summed E-state index contributed by atoms with van der Waals surface area (Å²) in [6.07, 6.45) is 2.38. The standard InChI is InChI=1S/C16H25N3O/c1-3-18-16(15(17)20,14-9-5-4-6-10-14)12-19-11-7-8-13(19)2/h4-6,9-10,13,18H,3,7-8,11-12H2,1-2H3,(H2,17,20). The third-order valence-corrected chi connectivity index (χ3v) is 4.30. The lowest BCUT2D eigenvalue weighted by Gasteiger charge is -2.37. The molecule has 3 N–H and O–H groups in total. The predicted octanol–water partition coefficient (Wildman–Crippen LogP) is 1.46. The van der Waals surface area contributed by atoms with Gasteiger partial charge in [-0.05, 0) is 38.4 Å². The number of primary amides is 1. The van der Waals surface area contributed by atoms with Crippen molar-refractivity contribution in [1.82, 2.24) is 10.2 Å². The number of benzene rings is 1. The van der Waals surface area contributed by atoms with Crippen LogP contribution in [0, 0.1) is 0 Å². The summed E-state index contributed by atoms with van der Waals surface area (Å²) in [5.74, 6) is -0.301. The minimum Gasteiger partial charge on any atom is -0.368 e. The molecule has 1 aliphatic heterocycles. The number of nitrogens with two attached hydrogens (primary N) is 1. The van der Waals surface area contributed by atoms with E-state index < -0.39 is 5.54 Å². The van der Waals surface area contributed by atoms with Crippen LogP contribution >= 0.6 is 0 Å². The fourth-order valence-corrected chi connectivity index (χ4v) is 3.11. The van der Waals surface area contributed by atoms with Gasteiger partial charge in [-0.1, -0.05) is 37.3 Å². The lowest BCUT2D eigenvalue weighted by atomic mass is 9.88. The van der Waals surface area contributed by atoms with E-state index in [1.54, 1.807) is 0 Å². The minimum absolute atomic E-state index is 0.301. The number of carbonyl (C=O) groups is 1. The molecule has 0 saturated carbocycles. The first kappa shape index (κ1) is 15.0. The van der Waals surface area contributed by atoms with Crippen molar-refractivity contribution in [2.75, 3.05) is 19.6 Å². The second kappa shape index (κ2) is 6.37. The van der Waals surface area contributed by atoms with Crippen LogP contribution in [0.4, 0.5) is 0 Å². The molecule has 0 spiro atoms. The third kappa shape index (κ3) is 2.86. The topological polar surface area (TPSA) is 58.4 Å². The molecule has 1 aromatic carbocycles. The molecule has 4 nitrogen and oxygen atoms in total. The van der Waals surface area contributed by atoms with Crippen LogP contribution in [0.25, 0.3) is 0 Å². The summed E-state index contributed by atoms with van der Waals surface area (Å²) >= 11 is 0. The average molecular weight is 275 g/mol. The van der Waals surface area contributed by atoms with Gasteiger partial charge < -0.3 is 5.73 Å². The van der Waals surface area contributed by atoms with Gasteiger partial charge in [0, 0.05) is 12.6 Å². The molecule has 2 atom stereocenters. The molecule has 20 heavy (non-hydrogen) atoms. The highest BCUT2D eigenvalue weighted by Gasteiger charge is 2.41. The lowest BCUT2D eigenvalue weighted by molar-refractivity contribution is -0.125. The van der Waals surface area contributed by atoms with Crippen LogP contribution in [0.15, 0.2) is 30.3 Å². The highest BCUT2D eigenvalue weighted by atomic mass is 16.1. The zero-order valence-corrected chi connectivity index (χ0v) is 12.4. The van der Waals surface area contributed by atoms with Crippen LogP contribution in [0.2, 0.25) is 0 Å². The molecule has 0 aliphatic carbocycles. The summed E-state index contributed by atoms with van der Waals surface area (Å²) in [6, 6.07) is 10.3. The minimum atomic E-state index is -0.797. The average Bonchev–Trinajstić information content (AvgIpc) is 2.84. The Morgan fingerprint density at radius 2 is 2.15 bits per heavy atom. The van der Waals surface area contributed by atoms with Crippen LogP contribution in [-0.4, -0.2) is 36.5 Å². The Hall–Kier alpha value is -1.39. The van der Waals surface area contributed by atoms with Crippen LogP contribution in [0.5, 0.6) is 0 Å². The summed E-state index contributed by atoms with van der Waals surface area (Å²) in [6.45, 7) is 6.61. The molecule has 4 heteroatoms. The van der Waals surface area contributed by atoms with Gasteiger partial charge in [0.1, 0.15) is 5.54 Å². The molecule has 1 saturated heterocycles. The molecule has 110 valence electrons. The van der Waals surface area contributed by atoms with Crippen molar-refractivity contribution < 1.29 is 4.79 Å². The fraction of sp³-hybridized carbons (Fsp3) is 0.562. The van der Waals surface area contributed by atoms with Crippen LogP contribution in [0.1, 0.15) is 32.3 Å². The van der Waals surface area contributed by atoms with Gasteiger partial charge in [0.2, 0.25) is 5.91 Å². The highest BCUT2D eigenvalue weighted by molar-refractivity contribution is 5.86. The van der Waals surface area contributed by atoms with Gasteiger partial charge in [0.15, 0.2) is 0 Å². The molecule has 1 amide bonds. The van der Waals surface area contributed by atoms with Gasteiger partial charge in [0.05, 0.1) is 0 Å². The summed E-state index contributed by atoms with van der Waals surface area (Å²) in [4.78, 5) is 14.6. The number of rotatable bonds is 6. The summed E-state index contributed by atoms with van der Waals surface area (Å²) in [5.41, 5.74) is 5.94. The van der Waals surface area contributed by atoms with E-state index in [4.69, 9.17) is 5.73 Å². The molecule has 1 heterocycles. The van der Waals surface area contributed by atoms with Crippen molar-refractivity contribution in [2.24, 2.45) is 5.73 Å². The number of likely N-dealkylation sites (N-methyl/N-ethyl adjacent to an activating group) is 1. The molecule has 2 rings (SSSR count). The molecule has 0 bridgehead atoms. The Kier molecular flexibility index (Phi) is 4.78. The Labute approximate surface area is 121 Å². The second-order valence-electron chi connectivity index (χ2n) is 5.63. The summed E-state index contributed by atoms with van der Waals surface area (Å²) < 4.78 is 0. The normalized spacial score (nSPS) is 22.6. The van der Waals surface area contributed by atoms with E-state index in [9.17, 15) is 4.79 Å². The van der Waals surface area contributed by atoms with Crippen molar-refractivity contribution in [3.63, 3.8) is 0 Å². The van der Waals surface area contributed by atoms with Crippen molar-refractivity contribution >= 4 is 5.91 Å². The van der Waals surface area contributed by atoms with Crippen LogP contribution in [0.3, 0.4) is 0 Å². The monoisotopic (exact) mass is 275 g/mol. The largest absolute Gasteiger partial charge is 0.368 e. The lowest BCUT2D eigenvalue weighted by Crippen LogP contribution is -2.59. The molecule has 0 radical (unpaired) electrons. The molecule has 1 aliphatic rings. The van der Waals surface area contributed by atoms with Gasteiger partial charge in [-0.2, -0.15) is 0 Å². The Balaban J connectivity index is 2.34. The maximum absolute atomic E-state index is 12.2. The van der Waals surface area contributed by atoms with Gasteiger partial charge in [-0.15, -0.1) is 0 Å². The number of nitrogens with zero attached hydrogens (tertiary/aromatic N) is 1. The van der Waals surface area contributed by atoms with E-state index in [1.165, 1.54) is 12.8 Å². The van der Waals surface area contributed by atoms with Gasteiger partial charge in [0.25, 0.3) is 0 Å². The quantitative estimate of drug-likeness (QED) is 0.826. The Morgan fingerprint density at radius 3 is 2.65 bits per heavy atom. The molecule has 1 fully saturated rings. The number of hydrogen-bond donors (Lipinski definition) is 2. The first-order chi connectivity index (χ1) is 9.60. The molecule has 2 unspecified atom stereocenters. The zero-order chi connectivity index (χ0) is 14.6. The molecule has 1 aromatic rings. The molecular formula is C16H25N3O. The van der Waals surface area contributed by atoms with E-state index in [-0.39, 0.29) is 5.91 Å². The van der Waals surface area contributed by atoms with E-state index in [2.05, 4.69) is 17.1 Å². The first-order valence-electron chi connectivity index (χ1n) is 7.44. The maximum atomic E-state index is 12.2. The smallest absolute Gasteiger partial charge is 0.243 e. The van der Waals surface area contributed by atoms with Gasteiger partial charge in [-0.25, -0.2) is 0 Å². The zero-order valence-electron chi connectivity index (χ0n) is 12.4. The number of likely N-dealkylation sites (tertiary alicyclic amines) is 1. The first-order valence-corrected chi connectivity index (χ1v) is 7.44. The fourth-order valence-electron chi connectivity index (χ4n) is 3.11. The van der Waals surface area contributed by atoms with E-state index in [0.29, 0.717) is 19.1 Å². The SMILES string of the molecule is CCNC(CN1CCCC1C)(C(N)=O)c1ccccc1. The van der Waals surface area contributed by atoms with Crippen molar-refractivity contribution in [3.05, 3.63) is 35.9 Å². The Morgan fingerprint density at radius 1 is 1.45 bits per heavy atom. The molecular weight excluding hydrogens is 250 g/mol. The van der Waals surface area contributed by atoms with E-state index in [1.807, 2.05) is 37.3 Å². The summed E-state index contributed by atoms with van der Waals surface area (Å²) in [7, 11) is 0. The number of amides is 1. The second-order valence-corrected chi connectivity index (χ2v) is 5.63. The van der Waals surface area contributed by atoms with Gasteiger partial charge in [-0.3, -0.25) is 15.0 Å². The maximum Gasteiger partial charge on any atom is 0.243 e. The summed E-state index contributed by atoms with van der Waals surface area (Å²) in [5, 5.41) is 3.34. The third-order valence-electron chi connectivity index (χ3n) is 4.30. The number of carbonyl (C=O) groups excluding carboxylic acids is 1. The van der Waals surface area contributed by atoms with Crippen molar-refractivity contribution in [1.29, 1.82) is 0 Å². The molecule has 0 aromatic heterocycles. The van der Waals surface area contributed by atoms with E-state index >= 15 is 0 Å². The van der Waals surface area contributed by atoms with Crippen LogP contribution < -0.4 is 11.1 Å². The van der Waals surface area contributed by atoms with Crippen molar-refractivity contribution in [3.8, 4) is 0 Å². The van der Waals surface area contributed by atoms with Crippen molar-refractivity contribution in [2.45, 2.75) is 38.3 Å². The predicted molar refractivity (Wildman–Crippen MR) is 81.3 cm³/mol. The number of nitrogens with one attached hydrogen (secondary N) is 1. The van der Waals surface area contributed by atoms with E-state index in [0.717, 1.165) is 12.1 Å².